The van der Waals surface area contributed by atoms with E-state index in [1.807, 2.05) is 12.1 Å². The zero-order chi connectivity index (χ0) is 7.84. The molecule has 1 heterocycles. The molecule has 3 heteroatoms. The largest absolute Gasteiger partial charge is 0.441 e. The van der Waals surface area contributed by atoms with Gasteiger partial charge in [0.05, 0.1) is 0 Å². The minimum Gasteiger partial charge on any atom is -0.441 e. The van der Waals surface area contributed by atoms with Gasteiger partial charge >= 0.3 is 0 Å². The topological polar surface area (TPSA) is 65.2 Å². The Morgan fingerprint density at radius 1 is 1.09 bits per heavy atom. The van der Waals surface area contributed by atoms with E-state index in [0.717, 1.165) is 11.0 Å². The molecule has 2 rings (SSSR count). The molecule has 3 nitrogen and oxygen atoms in total. The molecule has 1 aromatic heterocycles. The second-order valence-corrected chi connectivity index (χ2v) is 2.45. The lowest BCUT2D eigenvalue weighted by Gasteiger charge is -1.89. The van der Waals surface area contributed by atoms with Crippen LogP contribution in [-0.4, -0.2) is 0 Å². The molecule has 0 saturated heterocycles. The first-order chi connectivity index (χ1) is 5.25. The van der Waals surface area contributed by atoms with E-state index in [4.69, 9.17) is 15.9 Å². The monoisotopic (exact) mass is 148 g/mol. The predicted octanol–water partition coefficient (Wildman–Crippen LogP) is 1.60. The molecule has 0 unspecified atom stereocenters. The van der Waals surface area contributed by atoms with Crippen LogP contribution in [0.2, 0.25) is 0 Å². The van der Waals surface area contributed by atoms with Crippen molar-refractivity contribution in [2.75, 3.05) is 11.5 Å². The molecule has 0 amide bonds. The Kier molecular flexibility index (Phi) is 1.06. The van der Waals surface area contributed by atoms with E-state index in [1.54, 1.807) is 12.1 Å². The third-order valence-electron chi connectivity index (χ3n) is 1.56. The first-order valence-electron chi connectivity index (χ1n) is 3.30. The van der Waals surface area contributed by atoms with Gasteiger partial charge in [-0.15, -0.1) is 0 Å². The number of benzene rings is 1. The van der Waals surface area contributed by atoms with Gasteiger partial charge in [-0.1, -0.05) is 0 Å². The third kappa shape index (κ3) is 0.902. The minimum atomic E-state index is 0.422. The zero-order valence-corrected chi connectivity index (χ0v) is 5.87. The van der Waals surface area contributed by atoms with Gasteiger partial charge in [0.25, 0.3) is 0 Å². The van der Waals surface area contributed by atoms with Gasteiger partial charge in [0.1, 0.15) is 5.58 Å². The fourth-order valence-corrected chi connectivity index (χ4v) is 1.07. The molecule has 0 spiro atoms. The highest BCUT2D eigenvalue weighted by molar-refractivity contribution is 5.83. The van der Waals surface area contributed by atoms with Crippen LogP contribution in [0.4, 0.5) is 11.6 Å². The molecule has 11 heavy (non-hydrogen) atoms. The van der Waals surface area contributed by atoms with Crippen molar-refractivity contribution >= 4 is 22.5 Å². The van der Waals surface area contributed by atoms with Crippen LogP contribution in [0.3, 0.4) is 0 Å². The lowest BCUT2D eigenvalue weighted by molar-refractivity contribution is 0.637. The number of furan rings is 1. The smallest absolute Gasteiger partial charge is 0.191 e. The zero-order valence-electron chi connectivity index (χ0n) is 5.87. The Bertz CT molecular complexity index is 392. The van der Waals surface area contributed by atoms with Gasteiger partial charge in [-0.2, -0.15) is 0 Å². The highest BCUT2D eigenvalue weighted by Gasteiger charge is 1.98. The average molecular weight is 148 g/mol. The van der Waals surface area contributed by atoms with Gasteiger partial charge in [-0.05, 0) is 12.1 Å². The van der Waals surface area contributed by atoms with Crippen LogP contribution in [0.1, 0.15) is 0 Å². The Hall–Kier alpha value is -1.64. The molecule has 0 radical (unpaired) electrons. The van der Waals surface area contributed by atoms with Crippen molar-refractivity contribution in [2.24, 2.45) is 0 Å². The molecule has 0 fully saturated rings. The molecule has 0 atom stereocenters. The van der Waals surface area contributed by atoms with Crippen molar-refractivity contribution in [3.63, 3.8) is 0 Å². The second-order valence-electron chi connectivity index (χ2n) is 2.45. The summed E-state index contributed by atoms with van der Waals surface area (Å²) in [5.74, 6) is 0.422. The molecule has 0 saturated carbocycles. The molecule has 2 aromatic rings. The van der Waals surface area contributed by atoms with E-state index in [9.17, 15) is 0 Å². The summed E-state index contributed by atoms with van der Waals surface area (Å²) in [6.07, 6.45) is 0. The maximum Gasteiger partial charge on any atom is 0.191 e. The lowest BCUT2D eigenvalue weighted by atomic mass is 10.2. The fourth-order valence-electron chi connectivity index (χ4n) is 1.07. The predicted molar refractivity (Wildman–Crippen MR) is 45.0 cm³/mol. The fraction of sp³-hybridized carbons (Fsp3) is 0. The number of fused-ring (bicyclic) bond motifs is 1. The standard InChI is InChI=1S/C8H8N2O/c9-6-2-1-5-3-8(10)11-7(5)4-6/h1-4H,9-10H2. The molecular weight excluding hydrogens is 140 g/mol. The summed E-state index contributed by atoms with van der Waals surface area (Å²) >= 11 is 0. The van der Waals surface area contributed by atoms with Gasteiger partial charge < -0.3 is 15.9 Å². The van der Waals surface area contributed by atoms with E-state index >= 15 is 0 Å². The van der Waals surface area contributed by atoms with Crippen LogP contribution < -0.4 is 11.5 Å². The summed E-state index contributed by atoms with van der Waals surface area (Å²) in [4.78, 5) is 0. The van der Waals surface area contributed by atoms with Crippen LogP contribution in [0.15, 0.2) is 28.7 Å². The van der Waals surface area contributed by atoms with E-state index < -0.39 is 0 Å². The molecule has 56 valence electrons. The summed E-state index contributed by atoms with van der Waals surface area (Å²) in [5.41, 5.74) is 12.4. The summed E-state index contributed by atoms with van der Waals surface area (Å²) in [7, 11) is 0. The number of anilines is 2. The van der Waals surface area contributed by atoms with Crippen LogP contribution >= 0.6 is 0 Å². The van der Waals surface area contributed by atoms with Gasteiger partial charge in [-0.25, -0.2) is 0 Å². The van der Waals surface area contributed by atoms with Crippen molar-refractivity contribution in [3.05, 3.63) is 24.3 Å². The van der Waals surface area contributed by atoms with Crippen molar-refractivity contribution in [2.45, 2.75) is 0 Å². The third-order valence-corrected chi connectivity index (χ3v) is 1.56. The number of nitrogen functional groups attached to an aromatic ring is 2. The molecular formula is C8H8N2O. The van der Waals surface area contributed by atoms with Crippen LogP contribution in [0.5, 0.6) is 0 Å². The maximum absolute atomic E-state index is 5.53. The van der Waals surface area contributed by atoms with E-state index in [1.165, 1.54) is 0 Å². The van der Waals surface area contributed by atoms with Crippen LogP contribution in [0, 0.1) is 0 Å². The van der Waals surface area contributed by atoms with Gasteiger partial charge in [-0.3, -0.25) is 0 Å². The highest BCUT2D eigenvalue weighted by atomic mass is 16.3. The van der Waals surface area contributed by atoms with Crippen molar-refractivity contribution in [3.8, 4) is 0 Å². The molecule has 4 N–H and O–H groups in total. The minimum absolute atomic E-state index is 0.422. The van der Waals surface area contributed by atoms with E-state index in [0.29, 0.717) is 11.6 Å². The van der Waals surface area contributed by atoms with Gasteiger partial charge in [0.15, 0.2) is 5.88 Å². The number of hydrogen-bond donors (Lipinski definition) is 2. The Morgan fingerprint density at radius 3 is 2.73 bits per heavy atom. The summed E-state index contributed by atoms with van der Waals surface area (Å²) in [5, 5.41) is 0.983. The van der Waals surface area contributed by atoms with E-state index in [-0.39, 0.29) is 0 Å². The SMILES string of the molecule is Nc1ccc2cc(N)oc2c1. The molecule has 0 bridgehead atoms. The summed E-state index contributed by atoms with van der Waals surface area (Å²) in [6.45, 7) is 0. The Morgan fingerprint density at radius 2 is 1.91 bits per heavy atom. The first kappa shape index (κ1) is 6.09. The van der Waals surface area contributed by atoms with Crippen LogP contribution in [-0.2, 0) is 0 Å². The van der Waals surface area contributed by atoms with Crippen molar-refractivity contribution in [1.82, 2.24) is 0 Å². The van der Waals surface area contributed by atoms with Gasteiger partial charge in [0, 0.05) is 23.2 Å². The molecule has 1 aromatic carbocycles. The van der Waals surface area contributed by atoms with Crippen molar-refractivity contribution in [1.29, 1.82) is 0 Å². The Labute approximate surface area is 63.6 Å². The highest BCUT2D eigenvalue weighted by Crippen LogP contribution is 2.22. The van der Waals surface area contributed by atoms with Crippen molar-refractivity contribution < 1.29 is 4.42 Å². The molecule has 0 aliphatic carbocycles. The van der Waals surface area contributed by atoms with Gasteiger partial charge in [0.2, 0.25) is 0 Å². The first-order valence-corrected chi connectivity index (χ1v) is 3.30. The number of nitrogens with two attached hydrogens (primary N) is 2. The van der Waals surface area contributed by atoms with Crippen LogP contribution in [0.25, 0.3) is 11.0 Å². The second kappa shape index (κ2) is 1.92. The maximum atomic E-state index is 5.53. The number of rotatable bonds is 0. The molecule has 0 aliphatic heterocycles. The average Bonchev–Trinajstić information content (AvgIpc) is 2.27. The molecule has 0 aliphatic rings. The lowest BCUT2D eigenvalue weighted by Crippen LogP contribution is -1.80. The summed E-state index contributed by atoms with van der Waals surface area (Å²) in [6, 6.07) is 7.22. The quantitative estimate of drug-likeness (QED) is 0.557. The normalized spacial score (nSPS) is 10.5. The number of hydrogen-bond acceptors (Lipinski definition) is 3. The Balaban J connectivity index is 2.82. The summed E-state index contributed by atoms with van der Waals surface area (Å²) < 4.78 is 5.15. The van der Waals surface area contributed by atoms with E-state index in [2.05, 4.69) is 0 Å².